The molecule has 5 nitrogen and oxygen atoms in total. The van der Waals surface area contributed by atoms with E-state index in [1.54, 1.807) is 37.3 Å². The van der Waals surface area contributed by atoms with E-state index in [1.165, 1.54) is 52.8 Å². The maximum absolute atomic E-state index is 13.3. The molecule has 0 aliphatic heterocycles. The van der Waals surface area contributed by atoms with Gasteiger partial charge in [0.05, 0.1) is 29.3 Å². The average molecular weight is 413 g/mol. The minimum atomic E-state index is -3.88. The third-order valence-corrected chi connectivity index (χ3v) is 6.03. The lowest BCUT2D eigenvalue weighted by Gasteiger charge is -2.25. The zero-order valence-electron chi connectivity index (χ0n) is 15.8. The van der Waals surface area contributed by atoms with Crippen LogP contribution < -0.4 is 4.31 Å². The summed E-state index contributed by atoms with van der Waals surface area (Å²) in [5.41, 5.74) is 1.33. The summed E-state index contributed by atoms with van der Waals surface area (Å²) < 4.78 is 46.0. The molecule has 29 heavy (non-hydrogen) atoms. The molecule has 0 N–H and O–H groups in total. The van der Waals surface area contributed by atoms with Gasteiger partial charge in [-0.05, 0) is 61.0 Å². The normalized spacial score (nSPS) is 11.1. The molecule has 0 fully saturated rings. The fourth-order valence-electron chi connectivity index (χ4n) is 2.77. The first-order valence-electron chi connectivity index (χ1n) is 9.01. The van der Waals surface area contributed by atoms with Crippen LogP contribution in [0.1, 0.15) is 22.8 Å². The van der Waals surface area contributed by atoms with Crippen molar-refractivity contribution in [3.63, 3.8) is 0 Å². The molecule has 7 heteroatoms. The number of sulfonamides is 1. The van der Waals surface area contributed by atoms with Crippen molar-refractivity contribution in [2.45, 2.75) is 18.4 Å². The molecule has 3 rings (SSSR count). The Balaban J connectivity index is 2.00. The summed E-state index contributed by atoms with van der Waals surface area (Å²) in [5, 5.41) is 0. The predicted octanol–water partition coefficient (Wildman–Crippen LogP) is 4.40. The molecule has 0 heterocycles. The van der Waals surface area contributed by atoms with E-state index in [1.807, 2.05) is 0 Å². The Bertz CT molecular complexity index is 1070. The van der Waals surface area contributed by atoms with Crippen molar-refractivity contribution < 1.29 is 22.3 Å². The van der Waals surface area contributed by atoms with Gasteiger partial charge in [0.1, 0.15) is 5.82 Å². The van der Waals surface area contributed by atoms with Gasteiger partial charge >= 0.3 is 5.97 Å². The van der Waals surface area contributed by atoms with E-state index in [0.717, 1.165) is 0 Å². The maximum atomic E-state index is 13.3. The first-order chi connectivity index (χ1) is 13.9. The second-order valence-electron chi connectivity index (χ2n) is 6.22. The minimum Gasteiger partial charge on any atom is -0.462 e. The largest absolute Gasteiger partial charge is 0.462 e. The summed E-state index contributed by atoms with van der Waals surface area (Å²) >= 11 is 0. The Kier molecular flexibility index (Phi) is 6.29. The summed E-state index contributed by atoms with van der Waals surface area (Å²) in [7, 11) is -3.88. The third-order valence-electron chi connectivity index (χ3n) is 4.24. The standard InChI is InChI=1S/C22H20FNO4S/c1-2-28-22(25)18-10-14-20(15-11-18)24(16-17-8-12-19(23)13-9-17)29(26,27)21-6-4-3-5-7-21/h3-15H,2,16H2,1H3. The van der Waals surface area contributed by atoms with Crippen molar-refractivity contribution in [1.82, 2.24) is 0 Å². The molecule has 0 aromatic heterocycles. The highest BCUT2D eigenvalue weighted by Crippen LogP contribution is 2.26. The Morgan fingerprint density at radius 2 is 1.55 bits per heavy atom. The van der Waals surface area contributed by atoms with Gasteiger partial charge in [-0.1, -0.05) is 30.3 Å². The summed E-state index contributed by atoms with van der Waals surface area (Å²) in [4.78, 5) is 12.0. The fraction of sp³-hybridized carbons (Fsp3) is 0.136. The van der Waals surface area contributed by atoms with Crippen molar-refractivity contribution in [2.24, 2.45) is 0 Å². The molecule has 0 amide bonds. The van der Waals surface area contributed by atoms with Gasteiger partial charge in [-0.25, -0.2) is 17.6 Å². The second kappa shape index (κ2) is 8.87. The van der Waals surface area contributed by atoms with Crippen molar-refractivity contribution in [2.75, 3.05) is 10.9 Å². The summed E-state index contributed by atoms with van der Waals surface area (Å²) in [6, 6.07) is 19.8. The van der Waals surface area contributed by atoms with Crippen LogP contribution in [0, 0.1) is 5.82 Å². The lowest BCUT2D eigenvalue weighted by Crippen LogP contribution is -2.30. The molecule has 0 aliphatic carbocycles. The molecule has 150 valence electrons. The van der Waals surface area contributed by atoms with Crippen LogP contribution >= 0.6 is 0 Å². The Hall–Kier alpha value is -3.19. The SMILES string of the molecule is CCOC(=O)c1ccc(N(Cc2ccc(F)cc2)S(=O)(=O)c2ccccc2)cc1. The number of rotatable bonds is 7. The van der Waals surface area contributed by atoms with Crippen molar-refractivity contribution in [1.29, 1.82) is 0 Å². The van der Waals surface area contributed by atoms with E-state index in [-0.39, 0.29) is 18.0 Å². The molecular weight excluding hydrogens is 393 g/mol. The van der Waals surface area contributed by atoms with Gasteiger partial charge in [-0.2, -0.15) is 0 Å². The molecule has 0 bridgehead atoms. The molecule has 0 atom stereocenters. The van der Waals surface area contributed by atoms with Gasteiger partial charge in [0, 0.05) is 0 Å². The number of esters is 1. The summed E-state index contributed by atoms with van der Waals surface area (Å²) in [5.74, 6) is -0.875. The smallest absolute Gasteiger partial charge is 0.338 e. The van der Waals surface area contributed by atoms with Gasteiger partial charge in [-0.15, -0.1) is 0 Å². The Morgan fingerprint density at radius 1 is 0.931 bits per heavy atom. The highest BCUT2D eigenvalue weighted by molar-refractivity contribution is 7.92. The van der Waals surface area contributed by atoms with Gasteiger partial charge in [0.25, 0.3) is 10.0 Å². The first-order valence-corrected chi connectivity index (χ1v) is 10.4. The van der Waals surface area contributed by atoms with E-state index >= 15 is 0 Å². The molecule has 0 aliphatic rings. The van der Waals surface area contributed by atoms with Crippen molar-refractivity contribution in [3.05, 3.63) is 95.8 Å². The second-order valence-corrected chi connectivity index (χ2v) is 8.08. The number of anilines is 1. The quantitative estimate of drug-likeness (QED) is 0.539. The number of nitrogens with zero attached hydrogens (tertiary/aromatic N) is 1. The number of benzene rings is 3. The number of hydrogen-bond acceptors (Lipinski definition) is 4. The molecule has 0 unspecified atom stereocenters. The zero-order valence-corrected chi connectivity index (χ0v) is 16.6. The number of carbonyl (C=O) groups is 1. The molecule has 0 saturated heterocycles. The lowest BCUT2D eigenvalue weighted by atomic mass is 10.2. The van der Waals surface area contributed by atoms with E-state index < -0.39 is 21.8 Å². The molecular formula is C22H20FNO4S. The van der Waals surface area contributed by atoms with E-state index in [4.69, 9.17) is 4.74 Å². The van der Waals surface area contributed by atoms with Crippen molar-refractivity contribution >= 4 is 21.7 Å². The Labute approximate surface area is 169 Å². The van der Waals surface area contributed by atoms with Gasteiger partial charge in [-0.3, -0.25) is 4.31 Å². The van der Waals surface area contributed by atoms with Gasteiger partial charge in [0.15, 0.2) is 0 Å². The predicted molar refractivity (Wildman–Crippen MR) is 109 cm³/mol. The van der Waals surface area contributed by atoms with Crippen LogP contribution in [0.3, 0.4) is 0 Å². The van der Waals surface area contributed by atoms with Gasteiger partial charge in [0.2, 0.25) is 0 Å². The zero-order chi connectivity index (χ0) is 20.9. The number of halogens is 1. The number of hydrogen-bond donors (Lipinski definition) is 0. The topological polar surface area (TPSA) is 63.7 Å². The Morgan fingerprint density at radius 3 is 2.14 bits per heavy atom. The first kappa shape index (κ1) is 20.5. The summed E-state index contributed by atoms with van der Waals surface area (Å²) in [6.45, 7) is 1.97. The summed E-state index contributed by atoms with van der Waals surface area (Å²) in [6.07, 6.45) is 0. The fourth-order valence-corrected chi connectivity index (χ4v) is 4.24. The van der Waals surface area contributed by atoms with Crippen LogP contribution in [0.5, 0.6) is 0 Å². The van der Waals surface area contributed by atoms with Crippen LogP contribution in [0.25, 0.3) is 0 Å². The minimum absolute atomic E-state index is 0.0102. The molecule has 0 spiro atoms. The highest BCUT2D eigenvalue weighted by Gasteiger charge is 2.25. The molecule has 3 aromatic carbocycles. The lowest BCUT2D eigenvalue weighted by molar-refractivity contribution is 0.0526. The monoisotopic (exact) mass is 413 g/mol. The van der Waals surface area contributed by atoms with Crippen LogP contribution in [0.15, 0.2) is 83.8 Å². The highest BCUT2D eigenvalue weighted by atomic mass is 32.2. The van der Waals surface area contributed by atoms with E-state index in [0.29, 0.717) is 16.8 Å². The average Bonchev–Trinajstić information content (AvgIpc) is 2.74. The van der Waals surface area contributed by atoms with E-state index in [9.17, 15) is 17.6 Å². The molecule has 0 radical (unpaired) electrons. The van der Waals surface area contributed by atoms with Crippen LogP contribution in [0.4, 0.5) is 10.1 Å². The van der Waals surface area contributed by atoms with E-state index in [2.05, 4.69) is 0 Å². The molecule has 0 saturated carbocycles. The van der Waals surface area contributed by atoms with Crippen LogP contribution in [0.2, 0.25) is 0 Å². The maximum Gasteiger partial charge on any atom is 0.338 e. The third kappa shape index (κ3) is 4.81. The van der Waals surface area contributed by atoms with Gasteiger partial charge < -0.3 is 4.74 Å². The van der Waals surface area contributed by atoms with Crippen LogP contribution in [-0.2, 0) is 21.3 Å². The van der Waals surface area contributed by atoms with Crippen LogP contribution in [-0.4, -0.2) is 21.0 Å². The number of carbonyl (C=O) groups excluding carboxylic acids is 1. The molecule has 3 aromatic rings. The van der Waals surface area contributed by atoms with Crippen molar-refractivity contribution in [3.8, 4) is 0 Å². The number of ether oxygens (including phenoxy) is 1.